The van der Waals surface area contributed by atoms with Crippen molar-refractivity contribution in [2.45, 2.75) is 45.1 Å². The maximum Gasteiger partial charge on any atom is 0.293 e. The number of fused-ring (bicyclic) bond motifs is 2. The van der Waals surface area contributed by atoms with Gasteiger partial charge in [0.05, 0.1) is 22.8 Å². The molecule has 2 N–H and O–H groups in total. The number of hydrogen-bond donors (Lipinski definition) is 2. The average Bonchev–Trinajstić information content (AvgIpc) is 3.45. The van der Waals surface area contributed by atoms with Gasteiger partial charge in [-0.3, -0.25) is 43.9 Å². The fourth-order valence-corrected chi connectivity index (χ4v) is 8.17. The Bertz CT molecular complexity index is 2440. The van der Waals surface area contributed by atoms with Crippen molar-refractivity contribution in [3.05, 3.63) is 87.1 Å². The number of carbonyl (C=O) groups is 5. The van der Waals surface area contributed by atoms with E-state index in [1.165, 1.54) is 11.5 Å². The van der Waals surface area contributed by atoms with Gasteiger partial charge in [0.2, 0.25) is 11.8 Å². The highest BCUT2D eigenvalue weighted by Crippen LogP contribution is 2.33. The lowest BCUT2D eigenvalue weighted by molar-refractivity contribution is -0.136. The first kappa shape index (κ1) is 38.0. The Kier molecular flexibility index (Phi) is 10.4. The number of ketones is 1. The Labute approximate surface area is 332 Å². The van der Waals surface area contributed by atoms with Crippen LogP contribution in [0.25, 0.3) is 16.5 Å². The third kappa shape index (κ3) is 7.64. The summed E-state index contributed by atoms with van der Waals surface area (Å²) in [5.74, 6) is -0.537. The standard InChI is InChI=1S/C41H41ClN8O7/c1-23(51)22-57-34-18-26-17-27(3-6-32(26)47(2)41(34)56)44-37-31(42)20-43-36(46-37)25-11-13-48(14-12-25)21-24-9-15-49(16-10-24)28-4-5-29-30(19-28)40(55)50(39(29)54)33-7-8-35(52)45-38(33)53/h3-6,11,17-20,24,33H,7-10,12-16,21-22H2,1-2H3,(H,43,44,46)(H,45,52,53). The Morgan fingerprint density at radius 3 is 2.49 bits per heavy atom. The summed E-state index contributed by atoms with van der Waals surface area (Å²) >= 11 is 6.54. The summed E-state index contributed by atoms with van der Waals surface area (Å²) in [7, 11) is 1.66. The van der Waals surface area contributed by atoms with Crippen molar-refractivity contribution in [2.24, 2.45) is 13.0 Å². The molecule has 6 heterocycles. The summed E-state index contributed by atoms with van der Waals surface area (Å²) in [6, 6.07) is 11.5. The summed E-state index contributed by atoms with van der Waals surface area (Å²) in [5, 5.41) is 6.64. The third-order valence-corrected chi connectivity index (χ3v) is 11.4. The summed E-state index contributed by atoms with van der Waals surface area (Å²) in [5.41, 5.74) is 3.58. The molecule has 4 aliphatic heterocycles. The molecule has 57 heavy (non-hydrogen) atoms. The molecule has 0 radical (unpaired) electrons. The molecule has 4 aliphatic rings. The molecule has 0 spiro atoms. The Morgan fingerprint density at radius 2 is 1.75 bits per heavy atom. The number of imide groups is 2. The predicted octanol–water partition coefficient (Wildman–Crippen LogP) is 4.10. The van der Waals surface area contributed by atoms with Gasteiger partial charge in [-0.05, 0) is 86.6 Å². The number of ether oxygens (including phenoxy) is 1. The number of halogens is 1. The lowest BCUT2D eigenvalue weighted by Gasteiger charge is -2.37. The topological polar surface area (TPSA) is 176 Å². The van der Waals surface area contributed by atoms with Gasteiger partial charge in [-0.15, -0.1) is 0 Å². The van der Waals surface area contributed by atoms with Crippen LogP contribution in [0.1, 0.15) is 65.6 Å². The number of aromatic nitrogens is 3. The first-order chi connectivity index (χ1) is 27.4. The number of nitrogens with one attached hydrogen (secondary N) is 2. The van der Waals surface area contributed by atoms with E-state index < -0.39 is 29.7 Å². The predicted molar refractivity (Wildman–Crippen MR) is 213 cm³/mol. The summed E-state index contributed by atoms with van der Waals surface area (Å²) < 4.78 is 6.95. The molecular formula is C41H41ClN8O7. The number of amides is 4. The number of rotatable bonds is 10. The maximum absolute atomic E-state index is 13.3. The van der Waals surface area contributed by atoms with E-state index >= 15 is 0 Å². The molecule has 8 rings (SSSR count). The van der Waals surface area contributed by atoms with Crippen molar-refractivity contribution < 1.29 is 28.7 Å². The molecular weight excluding hydrogens is 752 g/mol. The summed E-state index contributed by atoms with van der Waals surface area (Å²) in [6.45, 7) is 5.44. The third-order valence-electron chi connectivity index (χ3n) is 11.1. The molecule has 0 aliphatic carbocycles. The number of piperidine rings is 2. The number of carbonyl (C=O) groups excluding carboxylic acids is 5. The molecule has 15 nitrogen and oxygen atoms in total. The molecule has 16 heteroatoms. The number of hydrogen-bond acceptors (Lipinski definition) is 12. The van der Waals surface area contributed by atoms with Crippen molar-refractivity contribution in [3.63, 3.8) is 0 Å². The highest BCUT2D eigenvalue weighted by molar-refractivity contribution is 6.33. The second-order valence-electron chi connectivity index (χ2n) is 15.0. The molecule has 0 bridgehead atoms. The number of nitrogens with zero attached hydrogens (tertiary/aromatic N) is 6. The number of Topliss-reactive ketones (excluding diaryl/α,β-unsaturated/α-hetero) is 1. The minimum atomic E-state index is -0.984. The van der Waals surface area contributed by atoms with Crippen LogP contribution < -0.4 is 25.8 Å². The van der Waals surface area contributed by atoms with Gasteiger partial charge in [0.1, 0.15) is 17.7 Å². The van der Waals surface area contributed by atoms with E-state index in [0.29, 0.717) is 39.4 Å². The first-order valence-corrected chi connectivity index (χ1v) is 19.4. The molecule has 294 valence electrons. The van der Waals surface area contributed by atoms with Crippen LogP contribution in [0.4, 0.5) is 17.2 Å². The normalized spacial score (nSPS) is 19.1. The van der Waals surface area contributed by atoms with Gasteiger partial charge in [-0.1, -0.05) is 17.7 Å². The van der Waals surface area contributed by atoms with Crippen LogP contribution in [0.2, 0.25) is 5.02 Å². The van der Waals surface area contributed by atoms with Crippen LogP contribution in [-0.4, -0.2) is 99.1 Å². The fourth-order valence-electron chi connectivity index (χ4n) is 8.03. The Hall–Kier alpha value is -5.93. The van der Waals surface area contributed by atoms with Crippen LogP contribution in [-0.2, 0) is 21.4 Å². The van der Waals surface area contributed by atoms with E-state index in [-0.39, 0.29) is 42.1 Å². The van der Waals surface area contributed by atoms with Crippen LogP contribution >= 0.6 is 11.6 Å². The molecule has 2 saturated heterocycles. The second kappa shape index (κ2) is 15.5. The van der Waals surface area contributed by atoms with Crippen molar-refractivity contribution >= 4 is 74.7 Å². The Morgan fingerprint density at radius 1 is 0.965 bits per heavy atom. The average molecular weight is 793 g/mol. The van der Waals surface area contributed by atoms with E-state index in [1.54, 1.807) is 31.4 Å². The number of aryl methyl sites for hydroxylation is 1. The van der Waals surface area contributed by atoms with Gasteiger partial charge in [0.15, 0.2) is 23.2 Å². The van der Waals surface area contributed by atoms with E-state index in [0.717, 1.165) is 73.5 Å². The van der Waals surface area contributed by atoms with E-state index in [1.807, 2.05) is 24.3 Å². The van der Waals surface area contributed by atoms with Crippen molar-refractivity contribution in [1.29, 1.82) is 0 Å². The van der Waals surface area contributed by atoms with Gasteiger partial charge in [-0.2, -0.15) is 0 Å². The van der Waals surface area contributed by atoms with Crippen LogP contribution in [0.3, 0.4) is 0 Å². The summed E-state index contributed by atoms with van der Waals surface area (Å²) in [4.78, 5) is 89.7. The first-order valence-electron chi connectivity index (χ1n) is 19.0. The lowest BCUT2D eigenvalue weighted by Crippen LogP contribution is -2.54. The molecule has 1 unspecified atom stereocenters. The molecule has 4 amide bonds. The second-order valence-corrected chi connectivity index (χ2v) is 15.4. The number of anilines is 3. The SMILES string of the molecule is CC(=O)COc1cc2cc(Nc3nc(C4=CCN(CC5CCN(c6ccc7c(c6)C(=O)N(C6CCC(=O)NC6=O)C7=O)CC5)CC4)ncc3Cl)ccc2n(C)c1=O. The number of pyridine rings is 1. The zero-order chi connectivity index (χ0) is 40.0. The van der Waals surface area contributed by atoms with Gasteiger partial charge < -0.3 is 19.5 Å². The smallest absolute Gasteiger partial charge is 0.293 e. The van der Waals surface area contributed by atoms with Crippen LogP contribution in [0, 0.1) is 5.92 Å². The van der Waals surface area contributed by atoms with E-state index in [2.05, 4.69) is 31.5 Å². The molecule has 2 aromatic carbocycles. The zero-order valence-electron chi connectivity index (χ0n) is 31.5. The van der Waals surface area contributed by atoms with Gasteiger partial charge in [0, 0.05) is 63.0 Å². The molecule has 2 aromatic heterocycles. The monoisotopic (exact) mass is 792 g/mol. The zero-order valence-corrected chi connectivity index (χ0v) is 32.3. The van der Waals surface area contributed by atoms with Gasteiger partial charge in [0.25, 0.3) is 17.4 Å². The number of benzene rings is 2. The summed E-state index contributed by atoms with van der Waals surface area (Å²) in [6.07, 6.45) is 6.71. The van der Waals surface area contributed by atoms with Gasteiger partial charge >= 0.3 is 0 Å². The largest absolute Gasteiger partial charge is 0.480 e. The van der Waals surface area contributed by atoms with Crippen molar-refractivity contribution in [2.75, 3.05) is 49.5 Å². The molecule has 1 atom stereocenters. The quantitative estimate of drug-likeness (QED) is 0.220. The van der Waals surface area contributed by atoms with Crippen LogP contribution in [0.15, 0.2) is 59.5 Å². The highest BCUT2D eigenvalue weighted by atomic mass is 35.5. The van der Waals surface area contributed by atoms with Crippen molar-refractivity contribution in [3.8, 4) is 5.75 Å². The minimum absolute atomic E-state index is 0.0824. The molecule has 4 aromatic rings. The minimum Gasteiger partial charge on any atom is -0.480 e. The maximum atomic E-state index is 13.3. The highest BCUT2D eigenvalue weighted by Gasteiger charge is 2.45. The van der Waals surface area contributed by atoms with Gasteiger partial charge in [-0.25, -0.2) is 9.97 Å². The Balaban J connectivity index is 0.865. The fraction of sp³-hybridized carbons (Fsp3) is 0.366. The van der Waals surface area contributed by atoms with E-state index in [9.17, 15) is 28.8 Å². The molecule has 2 fully saturated rings. The van der Waals surface area contributed by atoms with Crippen LogP contribution in [0.5, 0.6) is 5.75 Å². The lowest BCUT2D eigenvalue weighted by atomic mass is 9.94. The molecule has 0 saturated carbocycles. The van der Waals surface area contributed by atoms with Crippen molar-refractivity contribution in [1.82, 2.24) is 29.7 Å². The van der Waals surface area contributed by atoms with E-state index in [4.69, 9.17) is 21.3 Å².